The number of rotatable bonds is 6. The van der Waals surface area contributed by atoms with E-state index in [4.69, 9.17) is 28.3 Å². The first-order valence-corrected chi connectivity index (χ1v) is 8.13. The number of sulfonamides is 1. The highest BCUT2D eigenvalue weighted by atomic mass is 35.5. The van der Waals surface area contributed by atoms with Gasteiger partial charge in [0.15, 0.2) is 0 Å². The number of aliphatic carboxylic acids is 1. The molecule has 1 rings (SSSR count). The van der Waals surface area contributed by atoms with E-state index in [0.29, 0.717) is 6.42 Å². The maximum Gasteiger partial charge on any atom is 0.322 e. The van der Waals surface area contributed by atoms with Gasteiger partial charge < -0.3 is 5.11 Å². The zero-order valence-corrected chi connectivity index (χ0v) is 13.3. The molecule has 0 aliphatic rings. The molecule has 8 heteroatoms. The fourth-order valence-electron chi connectivity index (χ4n) is 1.57. The maximum atomic E-state index is 12.2. The van der Waals surface area contributed by atoms with E-state index < -0.39 is 22.0 Å². The monoisotopic (exact) mass is 339 g/mol. The van der Waals surface area contributed by atoms with Crippen LogP contribution in [0.5, 0.6) is 0 Å². The molecule has 1 aromatic carbocycles. The van der Waals surface area contributed by atoms with Crippen molar-refractivity contribution >= 4 is 39.2 Å². The lowest BCUT2D eigenvalue weighted by Gasteiger charge is -2.20. The van der Waals surface area contributed by atoms with E-state index in [0.717, 1.165) is 0 Å². The topological polar surface area (TPSA) is 83.5 Å². The van der Waals surface area contributed by atoms with Crippen LogP contribution < -0.4 is 4.72 Å². The lowest BCUT2D eigenvalue weighted by molar-refractivity contribution is -0.140. The van der Waals surface area contributed by atoms with Crippen LogP contribution in [-0.4, -0.2) is 25.5 Å². The van der Waals surface area contributed by atoms with Gasteiger partial charge >= 0.3 is 5.97 Å². The maximum absolute atomic E-state index is 12.2. The smallest absolute Gasteiger partial charge is 0.322 e. The molecular formula is C12H15Cl2NO4S. The van der Waals surface area contributed by atoms with Gasteiger partial charge in [-0.2, -0.15) is 4.72 Å². The summed E-state index contributed by atoms with van der Waals surface area (Å²) in [7, 11) is -4.06. The Morgan fingerprint density at radius 2 is 2.00 bits per heavy atom. The third kappa shape index (κ3) is 3.85. The van der Waals surface area contributed by atoms with E-state index in [9.17, 15) is 13.2 Å². The largest absolute Gasteiger partial charge is 0.480 e. The Balaban J connectivity index is 3.17. The number of carboxylic acids is 1. The van der Waals surface area contributed by atoms with Crippen molar-refractivity contribution in [2.24, 2.45) is 5.92 Å². The molecule has 1 aromatic rings. The highest BCUT2D eigenvalue weighted by molar-refractivity contribution is 7.89. The lowest BCUT2D eigenvalue weighted by Crippen LogP contribution is -2.44. The molecule has 2 atom stereocenters. The van der Waals surface area contributed by atoms with Gasteiger partial charge in [-0.3, -0.25) is 4.79 Å². The van der Waals surface area contributed by atoms with E-state index in [1.54, 1.807) is 13.8 Å². The average Bonchev–Trinajstić information content (AvgIpc) is 2.37. The first-order valence-electron chi connectivity index (χ1n) is 5.89. The molecule has 0 heterocycles. The van der Waals surface area contributed by atoms with Gasteiger partial charge in [-0.15, -0.1) is 0 Å². The fourth-order valence-corrected chi connectivity index (χ4v) is 3.63. The third-order valence-corrected chi connectivity index (χ3v) is 5.38. The molecule has 0 saturated carbocycles. The van der Waals surface area contributed by atoms with E-state index in [2.05, 4.69) is 4.72 Å². The summed E-state index contributed by atoms with van der Waals surface area (Å²) in [6.07, 6.45) is 0.517. The molecular weight excluding hydrogens is 325 g/mol. The van der Waals surface area contributed by atoms with Crippen molar-refractivity contribution in [2.75, 3.05) is 0 Å². The van der Waals surface area contributed by atoms with Crippen LogP contribution in [0.3, 0.4) is 0 Å². The molecule has 20 heavy (non-hydrogen) atoms. The summed E-state index contributed by atoms with van der Waals surface area (Å²) >= 11 is 11.6. The number of benzene rings is 1. The molecule has 112 valence electrons. The Morgan fingerprint density at radius 1 is 1.40 bits per heavy atom. The second-order valence-corrected chi connectivity index (χ2v) is 6.84. The first kappa shape index (κ1) is 17.2. The van der Waals surface area contributed by atoms with Crippen molar-refractivity contribution in [3.8, 4) is 0 Å². The summed E-state index contributed by atoms with van der Waals surface area (Å²) in [5.41, 5.74) is 0. The summed E-state index contributed by atoms with van der Waals surface area (Å²) in [5.74, 6) is -1.60. The van der Waals surface area contributed by atoms with Gasteiger partial charge in [0.2, 0.25) is 10.0 Å². The minimum Gasteiger partial charge on any atom is -0.480 e. The molecule has 0 aliphatic carbocycles. The third-order valence-electron chi connectivity index (χ3n) is 2.97. The predicted octanol–water partition coefficient (Wildman–Crippen LogP) is 2.77. The lowest BCUT2D eigenvalue weighted by atomic mass is 10.0. The fraction of sp³-hybridized carbons (Fsp3) is 0.417. The standard InChI is InChI=1S/C12H15Cl2NO4S/c1-3-7(2)11(12(16)17)15-20(18,19)9-6-4-5-8(13)10(9)14/h4-7,11,15H,3H2,1-2H3,(H,16,17)/t7?,11-/m0/s1. The molecule has 0 radical (unpaired) electrons. The zero-order chi connectivity index (χ0) is 15.5. The van der Waals surface area contributed by atoms with Crippen LogP contribution >= 0.6 is 23.2 Å². The molecule has 0 aromatic heterocycles. The second kappa shape index (κ2) is 6.76. The van der Waals surface area contributed by atoms with Gasteiger partial charge in [-0.05, 0) is 18.1 Å². The molecule has 5 nitrogen and oxygen atoms in total. The molecule has 0 bridgehead atoms. The molecule has 0 saturated heterocycles. The Morgan fingerprint density at radius 3 is 2.50 bits per heavy atom. The Bertz CT molecular complexity index is 603. The van der Waals surface area contributed by atoms with Crippen LogP contribution in [0.15, 0.2) is 23.1 Å². The summed E-state index contributed by atoms with van der Waals surface area (Å²) in [5, 5.41) is 9.08. The summed E-state index contributed by atoms with van der Waals surface area (Å²) < 4.78 is 26.6. The normalized spacial score (nSPS) is 14.8. The van der Waals surface area contributed by atoms with Gasteiger partial charge in [-0.1, -0.05) is 49.5 Å². The molecule has 2 N–H and O–H groups in total. The quantitative estimate of drug-likeness (QED) is 0.834. The van der Waals surface area contributed by atoms with Crippen LogP contribution in [-0.2, 0) is 14.8 Å². The van der Waals surface area contributed by atoms with Gasteiger partial charge in [0.25, 0.3) is 0 Å². The van der Waals surface area contributed by atoms with Gasteiger partial charge in [0.1, 0.15) is 10.9 Å². The van der Waals surface area contributed by atoms with E-state index in [1.807, 2.05) is 0 Å². The molecule has 0 amide bonds. The van der Waals surface area contributed by atoms with Gasteiger partial charge in [0.05, 0.1) is 10.0 Å². The van der Waals surface area contributed by atoms with E-state index in [-0.39, 0.29) is 20.9 Å². The van der Waals surface area contributed by atoms with Crippen molar-refractivity contribution in [1.29, 1.82) is 0 Å². The van der Waals surface area contributed by atoms with Crippen molar-refractivity contribution in [3.05, 3.63) is 28.2 Å². The van der Waals surface area contributed by atoms with Crippen LogP contribution in [0, 0.1) is 5.92 Å². The van der Waals surface area contributed by atoms with Crippen LogP contribution in [0.25, 0.3) is 0 Å². The van der Waals surface area contributed by atoms with E-state index >= 15 is 0 Å². The number of carbonyl (C=O) groups is 1. The average molecular weight is 340 g/mol. The number of halogens is 2. The van der Waals surface area contributed by atoms with Crippen molar-refractivity contribution in [1.82, 2.24) is 4.72 Å². The number of hydrogen-bond donors (Lipinski definition) is 2. The minimum atomic E-state index is -4.06. The van der Waals surface area contributed by atoms with Crippen LogP contribution in [0.1, 0.15) is 20.3 Å². The first-order chi connectivity index (χ1) is 9.20. The molecule has 1 unspecified atom stereocenters. The molecule has 0 spiro atoms. The minimum absolute atomic E-state index is 0.0879. The van der Waals surface area contributed by atoms with Crippen LogP contribution in [0.4, 0.5) is 0 Å². The zero-order valence-electron chi connectivity index (χ0n) is 10.9. The Hall–Kier alpha value is -0.820. The molecule has 0 aliphatic heterocycles. The van der Waals surface area contributed by atoms with Crippen molar-refractivity contribution < 1.29 is 18.3 Å². The predicted molar refractivity (Wildman–Crippen MR) is 77.7 cm³/mol. The SMILES string of the molecule is CCC(C)[C@H](NS(=O)(=O)c1cccc(Cl)c1Cl)C(=O)O. The Labute approximate surface area is 127 Å². The second-order valence-electron chi connectivity index (χ2n) is 4.37. The van der Waals surface area contributed by atoms with Crippen LogP contribution in [0.2, 0.25) is 10.0 Å². The highest BCUT2D eigenvalue weighted by Crippen LogP contribution is 2.29. The highest BCUT2D eigenvalue weighted by Gasteiger charge is 2.30. The number of nitrogens with one attached hydrogen (secondary N) is 1. The Kier molecular flexibility index (Phi) is 5.82. The summed E-state index contributed by atoms with van der Waals surface area (Å²) in [4.78, 5) is 10.9. The van der Waals surface area contributed by atoms with Gasteiger partial charge in [0, 0.05) is 0 Å². The summed E-state index contributed by atoms with van der Waals surface area (Å²) in [6, 6.07) is 2.93. The van der Waals surface area contributed by atoms with Crippen molar-refractivity contribution in [2.45, 2.75) is 31.2 Å². The number of carboxylic acid groups (broad SMARTS) is 1. The molecule has 0 fully saturated rings. The van der Waals surface area contributed by atoms with Crippen molar-refractivity contribution in [3.63, 3.8) is 0 Å². The summed E-state index contributed by atoms with van der Waals surface area (Å²) in [6.45, 7) is 3.43. The van der Waals surface area contributed by atoms with Gasteiger partial charge in [-0.25, -0.2) is 8.42 Å². The number of hydrogen-bond acceptors (Lipinski definition) is 3. The van der Waals surface area contributed by atoms with E-state index in [1.165, 1.54) is 18.2 Å².